The minimum Gasteiger partial charge on any atom is -0.456 e. The van der Waals surface area contributed by atoms with Crippen LogP contribution in [0, 0.1) is 5.41 Å². The molecule has 2 aromatic heterocycles. The molecular weight excluding hydrogens is 436 g/mol. The molecule has 6 rings (SSSR count). The molecule has 5 heterocycles. The Kier molecular flexibility index (Phi) is 4.89. The van der Waals surface area contributed by atoms with Crippen molar-refractivity contribution in [3.8, 4) is 0 Å². The summed E-state index contributed by atoms with van der Waals surface area (Å²) in [7, 11) is 0. The summed E-state index contributed by atoms with van der Waals surface area (Å²) >= 11 is 0. The monoisotopic (exact) mass is 462 g/mol. The average Bonchev–Trinajstić information content (AvgIpc) is 3.54. The molecule has 176 valence electrons. The van der Waals surface area contributed by atoms with Gasteiger partial charge in [-0.15, -0.1) is 5.10 Å². The highest BCUT2D eigenvalue weighted by atomic mass is 16.5. The molecule has 2 fully saturated rings. The van der Waals surface area contributed by atoms with Gasteiger partial charge in [0.1, 0.15) is 6.61 Å². The van der Waals surface area contributed by atoms with Crippen molar-refractivity contribution in [3.63, 3.8) is 0 Å². The van der Waals surface area contributed by atoms with Crippen LogP contribution in [0.25, 0.3) is 16.6 Å². The molecule has 10 nitrogen and oxygen atoms in total. The van der Waals surface area contributed by atoms with Crippen LogP contribution in [-0.2, 0) is 14.3 Å². The topological polar surface area (TPSA) is 113 Å². The molecule has 0 bridgehead atoms. The Labute approximate surface area is 195 Å². The van der Waals surface area contributed by atoms with Gasteiger partial charge in [0, 0.05) is 18.5 Å². The summed E-state index contributed by atoms with van der Waals surface area (Å²) in [6.07, 6.45) is 1.67. The lowest BCUT2D eigenvalue weighted by Gasteiger charge is -2.38. The highest BCUT2D eigenvalue weighted by Gasteiger charge is 2.50. The van der Waals surface area contributed by atoms with Gasteiger partial charge in [-0.3, -0.25) is 4.79 Å². The third-order valence-electron chi connectivity index (χ3n) is 7.73. The van der Waals surface area contributed by atoms with E-state index in [1.165, 1.54) is 0 Å². The van der Waals surface area contributed by atoms with Gasteiger partial charge in [0.25, 0.3) is 0 Å². The number of tetrazole rings is 1. The van der Waals surface area contributed by atoms with Gasteiger partial charge in [-0.05, 0) is 79.5 Å². The molecule has 0 radical (unpaired) electrons. The van der Waals surface area contributed by atoms with Crippen molar-refractivity contribution >= 4 is 28.4 Å². The van der Waals surface area contributed by atoms with Crippen LogP contribution in [0.3, 0.4) is 0 Å². The van der Waals surface area contributed by atoms with E-state index in [-0.39, 0.29) is 23.9 Å². The third kappa shape index (κ3) is 3.28. The Morgan fingerprint density at radius 2 is 1.91 bits per heavy atom. The second kappa shape index (κ2) is 7.85. The predicted octanol–water partition coefficient (Wildman–Crippen LogP) is 1.46. The first-order valence-electron chi connectivity index (χ1n) is 11.7. The number of benzene rings is 1. The second-order valence-corrected chi connectivity index (χ2v) is 9.55. The van der Waals surface area contributed by atoms with E-state index in [9.17, 15) is 14.7 Å². The molecule has 0 saturated carbocycles. The molecule has 2 saturated heterocycles. The van der Waals surface area contributed by atoms with Crippen molar-refractivity contribution in [3.05, 3.63) is 47.2 Å². The van der Waals surface area contributed by atoms with E-state index in [2.05, 4.69) is 20.4 Å². The van der Waals surface area contributed by atoms with Crippen LogP contribution in [0.2, 0.25) is 0 Å². The average molecular weight is 463 g/mol. The van der Waals surface area contributed by atoms with Gasteiger partial charge in [-0.25, -0.2) is 4.79 Å². The number of ether oxygens (including phenoxy) is 1. The van der Waals surface area contributed by atoms with E-state index in [1.807, 2.05) is 30.3 Å². The molecule has 3 aromatic rings. The molecule has 1 spiro atoms. The number of carbonyl (C=O) groups excluding carboxylic acids is 2. The SMILES string of the molecule is CC1=C(N2CCC3(CCN(C[C@@H](O)c4ccc5c(ccc6nnnn65)c4)CC3)C2=O)COC1=O. The lowest BCUT2D eigenvalue weighted by Crippen LogP contribution is -2.45. The molecule has 0 aliphatic carbocycles. The zero-order chi connectivity index (χ0) is 23.4. The third-order valence-corrected chi connectivity index (χ3v) is 7.73. The molecule has 1 amide bonds. The Morgan fingerprint density at radius 1 is 1.12 bits per heavy atom. The number of aliphatic hydroxyl groups excluding tert-OH is 1. The van der Waals surface area contributed by atoms with Gasteiger partial charge < -0.3 is 19.6 Å². The second-order valence-electron chi connectivity index (χ2n) is 9.55. The summed E-state index contributed by atoms with van der Waals surface area (Å²) in [6.45, 7) is 4.57. The minimum atomic E-state index is -0.631. The van der Waals surface area contributed by atoms with Crippen molar-refractivity contribution < 1.29 is 19.4 Å². The van der Waals surface area contributed by atoms with E-state index in [4.69, 9.17) is 4.74 Å². The molecule has 1 aromatic carbocycles. The standard InChI is InChI=1S/C24H26N6O4/c1-15-19(14-34-22(15)32)29-11-8-24(23(29)33)6-9-28(10-7-24)13-20(31)17-2-4-18-16(12-17)3-5-21-25-26-27-30(18)21/h2-5,12,20,31H,6-11,13-14H2,1H3/t20-/m1/s1. The molecule has 10 heteroatoms. The van der Waals surface area contributed by atoms with Gasteiger partial charge in [-0.1, -0.05) is 6.07 Å². The number of piperidine rings is 1. The maximum atomic E-state index is 13.3. The highest BCUT2D eigenvalue weighted by molar-refractivity contribution is 5.94. The summed E-state index contributed by atoms with van der Waals surface area (Å²) in [5.74, 6) is -0.215. The number of aliphatic hydroxyl groups is 1. The summed E-state index contributed by atoms with van der Waals surface area (Å²) in [6, 6.07) is 9.64. The zero-order valence-corrected chi connectivity index (χ0v) is 19.0. The van der Waals surface area contributed by atoms with Crippen molar-refractivity contribution in [1.82, 2.24) is 29.8 Å². The number of esters is 1. The van der Waals surface area contributed by atoms with Crippen LogP contribution in [0.4, 0.5) is 0 Å². The largest absolute Gasteiger partial charge is 0.456 e. The van der Waals surface area contributed by atoms with E-state index in [0.717, 1.165) is 54.5 Å². The summed E-state index contributed by atoms with van der Waals surface area (Å²) in [4.78, 5) is 29.0. The van der Waals surface area contributed by atoms with Crippen molar-refractivity contribution in [2.45, 2.75) is 32.3 Å². The van der Waals surface area contributed by atoms with Crippen LogP contribution in [0.5, 0.6) is 0 Å². The maximum absolute atomic E-state index is 13.3. The molecule has 3 aliphatic rings. The first kappa shape index (κ1) is 21.2. The van der Waals surface area contributed by atoms with Gasteiger partial charge >= 0.3 is 5.97 Å². The number of amides is 1. The van der Waals surface area contributed by atoms with Crippen LogP contribution in [-0.4, -0.2) is 79.6 Å². The normalized spacial score (nSPS) is 21.9. The number of aromatic nitrogens is 4. The molecule has 1 N–H and O–H groups in total. The van der Waals surface area contributed by atoms with Gasteiger partial charge in [0.05, 0.1) is 28.3 Å². The lowest BCUT2D eigenvalue weighted by atomic mass is 9.77. The Bertz CT molecular complexity index is 1340. The number of rotatable bonds is 4. The number of cyclic esters (lactones) is 1. The quantitative estimate of drug-likeness (QED) is 0.580. The zero-order valence-electron chi connectivity index (χ0n) is 19.0. The minimum absolute atomic E-state index is 0.115. The fourth-order valence-corrected chi connectivity index (χ4v) is 5.54. The fraction of sp³-hybridized carbons (Fsp3) is 0.458. The number of fused-ring (bicyclic) bond motifs is 3. The van der Waals surface area contributed by atoms with Crippen LogP contribution in [0.15, 0.2) is 41.6 Å². The molecule has 34 heavy (non-hydrogen) atoms. The Hall–Kier alpha value is -3.37. The van der Waals surface area contributed by atoms with Crippen molar-refractivity contribution in [2.75, 3.05) is 32.8 Å². The van der Waals surface area contributed by atoms with Crippen LogP contribution in [0.1, 0.15) is 37.9 Å². The number of nitrogens with zero attached hydrogens (tertiary/aromatic N) is 6. The summed E-state index contributed by atoms with van der Waals surface area (Å²) < 4.78 is 6.79. The number of carbonyl (C=O) groups is 2. The lowest BCUT2D eigenvalue weighted by molar-refractivity contribution is -0.138. The van der Waals surface area contributed by atoms with Crippen LogP contribution >= 0.6 is 0 Å². The first-order valence-corrected chi connectivity index (χ1v) is 11.7. The Balaban J connectivity index is 1.12. The van der Waals surface area contributed by atoms with Crippen LogP contribution < -0.4 is 0 Å². The van der Waals surface area contributed by atoms with E-state index >= 15 is 0 Å². The Morgan fingerprint density at radius 3 is 2.68 bits per heavy atom. The summed E-state index contributed by atoms with van der Waals surface area (Å²) in [5.41, 5.74) is 3.31. The smallest absolute Gasteiger partial charge is 0.336 e. The van der Waals surface area contributed by atoms with Gasteiger partial charge in [0.2, 0.25) is 5.91 Å². The van der Waals surface area contributed by atoms with E-state index in [1.54, 1.807) is 16.3 Å². The predicted molar refractivity (Wildman–Crippen MR) is 121 cm³/mol. The van der Waals surface area contributed by atoms with Gasteiger partial charge in [0.15, 0.2) is 5.65 Å². The number of hydrogen-bond donors (Lipinski definition) is 1. The first-order chi connectivity index (χ1) is 16.4. The molecule has 3 aliphatic heterocycles. The van der Waals surface area contributed by atoms with E-state index < -0.39 is 6.10 Å². The number of β-amino-alcohol motifs (C(OH)–C–C–N with tert-alkyl or cyclic N) is 1. The maximum Gasteiger partial charge on any atom is 0.336 e. The number of pyridine rings is 1. The highest BCUT2D eigenvalue weighted by Crippen LogP contribution is 2.44. The summed E-state index contributed by atoms with van der Waals surface area (Å²) in [5, 5.41) is 23.6. The number of hydrogen-bond acceptors (Lipinski definition) is 8. The van der Waals surface area contributed by atoms with Crippen molar-refractivity contribution in [2.24, 2.45) is 5.41 Å². The van der Waals surface area contributed by atoms with Gasteiger partial charge in [-0.2, -0.15) is 4.52 Å². The van der Waals surface area contributed by atoms with E-state index in [0.29, 0.717) is 24.3 Å². The fourth-order valence-electron chi connectivity index (χ4n) is 5.54. The molecule has 1 atom stereocenters. The number of likely N-dealkylation sites (tertiary alicyclic amines) is 2. The molecule has 0 unspecified atom stereocenters. The van der Waals surface area contributed by atoms with Crippen molar-refractivity contribution in [1.29, 1.82) is 0 Å². The molecular formula is C24H26N6O4.